The third kappa shape index (κ3) is 4.01. The second kappa shape index (κ2) is 6.99. The van der Waals surface area contributed by atoms with Crippen molar-refractivity contribution in [3.05, 3.63) is 12.4 Å². The minimum atomic E-state index is -0.374. The van der Waals surface area contributed by atoms with Gasteiger partial charge in [-0.3, -0.25) is 9.48 Å². The van der Waals surface area contributed by atoms with Crippen LogP contribution in [0.5, 0.6) is 0 Å². The van der Waals surface area contributed by atoms with Gasteiger partial charge < -0.3 is 20.4 Å². The van der Waals surface area contributed by atoms with E-state index in [0.29, 0.717) is 24.8 Å². The summed E-state index contributed by atoms with van der Waals surface area (Å²) in [4.78, 5) is 27.9. The molecule has 1 aromatic rings. The van der Waals surface area contributed by atoms with Crippen molar-refractivity contribution < 1.29 is 9.59 Å². The Hall–Kier alpha value is -2.09. The van der Waals surface area contributed by atoms with Crippen LogP contribution in [0, 0.1) is 0 Å². The van der Waals surface area contributed by atoms with Gasteiger partial charge in [-0.1, -0.05) is 0 Å². The van der Waals surface area contributed by atoms with Gasteiger partial charge in [-0.2, -0.15) is 5.10 Å². The highest BCUT2D eigenvalue weighted by Crippen LogP contribution is 2.31. The molecule has 0 spiro atoms. The Morgan fingerprint density at radius 1 is 1.26 bits per heavy atom. The van der Waals surface area contributed by atoms with Gasteiger partial charge in [0.1, 0.15) is 0 Å². The third-order valence-electron chi connectivity index (χ3n) is 4.56. The molecule has 0 radical (unpaired) electrons. The summed E-state index contributed by atoms with van der Waals surface area (Å²) in [6.07, 6.45) is 7.01. The smallest absolute Gasteiger partial charge is 0.319 e. The number of rotatable bonds is 4. The predicted molar refractivity (Wildman–Crippen MR) is 86.2 cm³/mol. The molecule has 2 N–H and O–H groups in total. The number of nitrogens with one attached hydrogen (secondary N) is 2. The number of likely N-dealkylation sites (N-methyl/N-ethyl adjacent to an activating group) is 1. The predicted octanol–water partition coefficient (Wildman–Crippen LogP) is 0.504. The number of piperazine rings is 1. The lowest BCUT2D eigenvalue weighted by molar-refractivity contribution is -0.131. The summed E-state index contributed by atoms with van der Waals surface area (Å²) in [5, 5.41) is 9.59. The molecule has 0 atom stereocenters. The molecule has 3 rings (SSSR count). The van der Waals surface area contributed by atoms with Crippen molar-refractivity contribution in [1.82, 2.24) is 24.9 Å². The van der Waals surface area contributed by atoms with Crippen molar-refractivity contribution in [2.24, 2.45) is 0 Å². The van der Waals surface area contributed by atoms with E-state index in [1.807, 2.05) is 17.9 Å². The van der Waals surface area contributed by atoms with E-state index < -0.39 is 0 Å². The van der Waals surface area contributed by atoms with Gasteiger partial charge in [0.25, 0.3) is 0 Å². The lowest BCUT2D eigenvalue weighted by atomic mass is 9.93. The van der Waals surface area contributed by atoms with E-state index in [-0.39, 0.29) is 18.5 Å². The van der Waals surface area contributed by atoms with Crippen LogP contribution in [-0.2, 0) is 4.79 Å². The van der Waals surface area contributed by atoms with Crippen molar-refractivity contribution in [3.63, 3.8) is 0 Å². The number of hydrogen-bond acceptors (Lipinski definition) is 4. The Bertz CT molecular complexity index is 560. The van der Waals surface area contributed by atoms with E-state index in [9.17, 15) is 9.59 Å². The summed E-state index contributed by atoms with van der Waals surface area (Å²) in [6, 6.07) is 0.0908. The van der Waals surface area contributed by atoms with Gasteiger partial charge in [-0.15, -0.1) is 0 Å². The van der Waals surface area contributed by atoms with Crippen LogP contribution in [0.3, 0.4) is 0 Å². The van der Waals surface area contributed by atoms with Crippen LogP contribution in [0.1, 0.15) is 25.3 Å². The van der Waals surface area contributed by atoms with Crippen LogP contribution in [0.4, 0.5) is 10.5 Å². The maximum atomic E-state index is 12.0. The molecule has 23 heavy (non-hydrogen) atoms. The van der Waals surface area contributed by atoms with E-state index in [2.05, 4.69) is 20.6 Å². The summed E-state index contributed by atoms with van der Waals surface area (Å²) in [6.45, 7) is 3.20. The minimum Gasteiger partial charge on any atom is -0.339 e. The van der Waals surface area contributed by atoms with E-state index in [0.717, 1.165) is 25.9 Å². The first-order chi connectivity index (χ1) is 11.1. The average molecular weight is 320 g/mol. The van der Waals surface area contributed by atoms with Gasteiger partial charge in [0.15, 0.2) is 0 Å². The van der Waals surface area contributed by atoms with E-state index in [1.165, 1.54) is 6.42 Å². The zero-order valence-corrected chi connectivity index (χ0v) is 13.5. The molecule has 3 amide bonds. The molecule has 2 aliphatic rings. The minimum absolute atomic E-state index is 0.0201. The molecule has 1 aliphatic heterocycles. The van der Waals surface area contributed by atoms with Crippen molar-refractivity contribution in [3.8, 4) is 0 Å². The van der Waals surface area contributed by atoms with E-state index in [4.69, 9.17) is 0 Å². The Kier molecular flexibility index (Phi) is 4.80. The summed E-state index contributed by atoms with van der Waals surface area (Å²) < 4.78 is 1.90. The SMILES string of the molecule is CN1CCN(C(=O)CNC(=O)Nc2cnn(C3CCC3)c2)CC1. The largest absolute Gasteiger partial charge is 0.339 e. The molecule has 8 heteroatoms. The number of aromatic nitrogens is 2. The molecule has 2 heterocycles. The van der Waals surface area contributed by atoms with Gasteiger partial charge in [0, 0.05) is 32.4 Å². The second-order valence-electron chi connectivity index (χ2n) is 6.29. The first-order valence-electron chi connectivity index (χ1n) is 8.17. The molecule has 0 unspecified atom stereocenters. The maximum Gasteiger partial charge on any atom is 0.319 e. The van der Waals surface area contributed by atoms with E-state index in [1.54, 1.807) is 11.1 Å². The number of hydrogen-bond donors (Lipinski definition) is 2. The lowest BCUT2D eigenvalue weighted by Gasteiger charge is -2.32. The first kappa shape index (κ1) is 15.8. The molecule has 1 aliphatic carbocycles. The highest BCUT2D eigenvalue weighted by atomic mass is 16.2. The standard InChI is InChI=1S/C15H24N6O2/c1-19-5-7-20(8-6-19)14(22)10-16-15(23)18-12-9-17-21(11-12)13-3-2-4-13/h9,11,13H,2-8,10H2,1H3,(H2,16,18,23). The first-order valence-corrected chi connectivity index (χ1v) is 8.17. The quantitative estimate of drug-likeness (QED) is 0.846. The lowest BCUT2D eigenvalue weighted by Crippen LogP contribution is -2.50. The molecular weight excluding hydrogens is 296 g/mol. The topological polar surface area (TPSA) is 82.5 Å². The van der Waals surface area contributed by atoms with Crippen LogP contribution < -0.4 is 10.6 Å². The van der Waals surface area contributed by atoms with Crippen molar-refractivity contribution in [1.29, 1.82) is 0 Å². The zero-order valence-electron chi connectivity index (χ0n) is 13.5. The summed E-state index contributed by atoms with van der Waals surface area (Å²) in [5.41, 5.74) is 0.654. The van der Waals surface area contributed by atoms with Crippen molar-refractivity contribution in [2.75, 3.05) is 45.1 Å². The number of anilines is 1. The Morgan fingerprint density at radius 3 is 2.65 bits per heavy atom. The fourth-order valence-electron chi connectivity index (χ4n) is 2.75. The summed E-state index contributed by atoms with van der Waals surface area (Å²) >= 11 is 0. The van der Waals surface area contributed by atoms with Crippen LogP contribution >= 0.6 is 0 Å². The van der Waals surface area contributed by atoms with Crippen LogP contribution in [-0.4, -0.2) is 71.3 Å². The highest BCUT2D eigenvalue weighted by Gasteiger charge is 2.21. The van der Waals surface area contributed by atoms with E-state index >= 15 is 0 Å². The van der Waals surface area contributed by atoms with Gasteiger partial charge in [-0.05, 0) is 26.3 Å². The molecule has 8 nitrogen and oxygen atoms in total. The van der Waals surface area contributed by atoms with Crippen molar-refractivity contribution in [2.45, 2.75) is 25.3 Å². The fraction of sp³-hybridized carbons (Fsp3) is 0.667. The average Bonchev–Trinajstić information content (AvgIpc) is 2.91. The molecule has 0 bridgehead atoms. The van der Waals surface area contributed by atoms with Gasteiger partial charge in [0.2, 0.25) is 5.91 Å². The molecule has 2 fully saturated rings. The molecule has 1 saturated carbocycles. The molecule has 0 aromatic carbocycles. The van der Waals surface area contributed by atoms with Crippen molar-refractivity contribution >= 4 is 17.6 Å². The summed E-state index contributed by atoms with van der Waals surface area (Å²) in [5.74, 6) is -0.0431. The van der Waals surface area contributed by atoms with Crippen LogP contribution in [0.25, 0.3) is 0 Å². The number of carbonyl (C=O) groups excluding carboxylic acids is 2. The van der Waals surface area contributed by atoms with Crippen LogP contribution in [0.2, 0.25) is 0 Å². The fourth-order valence-corrected chi connectivity index (χ4v) is 2.75. The second-order valence-corrected chi connectivity index (χ2v) is 6.29. The molecular formula is C15H24N6O2. The highest BCUT2D eigenvalue weighted by molar-refractivity contribution is 5.92. The zero-order chi connectivity index (χ0) is 16.2. The number of amides is 3. The Morgan fingerprint density at radius 2 is 2.00 bits per heavy atom. The number of carbonyl (C=O) groups is 2. The summed E-state index contributed by atoms with van der Waals surface area (Å²) in [7, 11) is 2.04. The number of urea groups is 1. The van der Waals surface area contributed by atoms with Gasteiger partial charge in [-0.25, -0.2) is 4.79 Å². The normalized spacial score (nSPS) is 19.3. The Balaban J connectivity index is 1.40. The monoisotopic (exact) mass is 320 g/mol. The van der Waals surface area contributed by atoms with Gasteiger partial charge >= 0.3 is 6.03 Å². The van der Waals surface area contributed by atoms with Crippen LogP contribution in [0.15, 0.2) is 12.4 Å². The molecule has 1 saturated heterocycles. The number of nitrogens with zero attached hydrogens (tertiary/aromatic N) is 4. The third-order valence-corrected chi connectivity index (χ3v) is 4.56. The maximum absolute atomic E-state index is 12.0. The van der Waals surface area contributed by atoms with Gasteiger partial charge in [0.05, 0.1) is 24.5 Å². The Labute approximate surface area is 135 Å². The molecule has 126 valence electrons. The molecule has 1 aromatic heterocycles.